The van der Waals surface area contributed by atoms with Gasteiger partial charge in [-0.3, -0.25) is 0 Å². The van der Waals surface area contributed by atoms with E-state index in [0.717, 1.165) is 0 Å². The van der Waals surface area contributed by atoms with E-state index in [1.54, 1.807) is 36.4 Å². The van der Waals surface area contributed by atoms with Gasteiger partial charge in [-0.25, -0.2) is 9.59 Å². The largest absolute Gasteiger partial charge is 0.458 e. The monoisotopic (exact) mass is 358 g/mol. The molecular weight excluding hydrogens is 344 g/mol. The summed E-state index contributed by atoms with van der Waals surface area (Å²) in [5, 5.41) is 0. The molecular formula is C18H14O8. The lowest BCUT2D eigenvalue weighted by Gasteiger charge is -2.07. The fourth-order valence-corrected chi connectivity index (χ4v) is 2.48. The van der Waals surface area contributed by atoms with Crippen molar-refractivity contribution in [1.29, 1.82) is 0 Å². The van der Waals surface area contributed by atoms with Crippen LogP contribution >= 0.6 is 0 Å². The first-order valence-corrected chi connectivity index (χ1v) is 7.84. The molecule has 8 heteroatoms. The molecule has 2 aliphatic rings. The number of hydrogen-bond acceptors (Lipinski definition) is 8. The van der Waals surface area contributed by atoms with Crippen molar-refractivity contribution in [3.63, 3.8) is 0 Å². The van der Waals surface area contributed by atoms with Crippen molar-refractivity contribution in [3.8, 4) is 23.0 Å². The van der Waals surface area contributed by atoms with Crippen molar-refractivity contribution in [2.24, 2.45) is 0 Å². The van der Waals surface area contributed by atoms with Crippen molar-refractivity contribution >= 4 is 11.9 Å². The Morgan fingerprint density at radius 1 is 0.692 bits per heavy atom. The van der Waals surface area contributed by atoms with Crippen LogP contribution in [0.3, 0.4) is 0 Å². The van der Waals surface area contributed by atoms with Crippen molar-refractivity contribution in [3.05, 3.63) is 47.5 Å². The summed E-state index contributed by atoms with van der Waals surface area (Å²) < 4.78 is 31.0. The normalized spacial score (nSPS) is 13.4. The van der Waals surface area contributed by atoms with Gasteiger partial charge < -0.3 is 28.4 Å². The molecule has 4 rings (SSSR count). The first-order chi connectivity index (χ1) is 12.7. The number of ether oxygens (including phenoxy) is 6. The maximum atomic E-state index is 12.0. The minimum Gasteiger partial charge on any atom is -0.458 e. The predicted molar refractivity (Wildman–Crippen MR) is 85.7 cm³/mol. The molecule has 0 aliphatic carbocycles. The minimum atomic E-state index is -0.539. The molecule has 2 aromatic carbocycles. The molecule has 2 aliphatic heterocycles. The highest BCUT2D eigenvalue weighted by molar-refractivity contribution is 5.91. The maximum absolute atomic E-state index is 12.0. The van der Waals surface area contributed by atoms with Gasteiger partial charge in [0, 0.05) is 0 Å². The SMILES string of the molecule is O=C(OCCOC(=O)c1ccc2c(c1)OCO2)c1ccc2c(c1)OCO2. The summed E-state index contributed by atoms with van der Waals surface area (Å²) in [6, 6.07) is 9.52. The average molecular weight is 358 g/mol. The number of carbonyl (C=O) groups is 2. The van der Waals surface area contributed by atoms with Crippen LogP contribution in [0.1, 0.15) is 20.7 Å². The topological polar surface area (TPSA) is 89.5 Å². The van der Waals surface area contributed by atoms with Crippen LogP contribution in [-0.2, 0) is 9.47 Å². The average Bonchev–Trinajstić information content (AvgIpc) is 3.32. The molecule has 0 unspecified atom stereocenters. The van der Waals surface area contributed by atoms with Gasteiger partial charge in [0.05, 0.1) is 11.1 Å². The third-order valence-electron chi connectivity index (χ3n) is 3.77. The molecule has 0 saturated carbocycles. The number of benzene rings is 2. The van der Waals surface area contributed by atoms with Crippen LogP contribution in [0.2, 0.25) is 0 Å². The zero-order valence-corrected chi connectivity index (χ0v) is 13.6. The predicted octanol–water partition coefficient (Wildman–Crippen LogP) is 2.16. The van der Waals surface area contributed by atoms with E-state index in [9.17, 15) is 9.59 Å². The molecule has 0 saturated heterocycles. The second kappa shape index (κ2) is 6.83. The summed E-state index contributed by atoms with van der Waals surface area (Å²) in [5.74, 6) is 1.07. The minimum absolute atomic E-state index is 0.0659. The fraction of sp³-hybridized carbons (Fsp3) is 0.222. The molecule has 0 bridgehead atoms. The second-order valence-corrected chi connectivity index (χ2v) is 5.41. The van der Waals surface area contributed by atoms with Crippen molar-refractivity contribution < 1.29 is 38.0 Å². The Hall–Kier alpha value is -3.42. The Labute approximate surface area is 148 Å². The van der Waals surface area contributed by atoms with Gasteiger partial charge in [0.25, 0.3) is 0 Å². The van der Waals surface area contributed by atoms with E-state index in [2.05, 4.69) is 0 Å². The molecule has 0 spiro atoms. The molecule has 8 nitrogen and oxygen atoms in total. The summed E-state index contributed by atoms with van der Waals surface area (Å²) in [7, 11) is 0. The van der Waals surface area contributed by atoms with Crippen molar-refractivity contribution in [2.45, 2.75) is 0 Å². The second-order valence-electron chi connectivity index (χ2n) is 5.41. The number of rotatable bonds is 5. The number of hydrogen-bond donors (Lipinski definition) is 0. The first-order valence-electron chi connectivity index (χ1n) is 7.84. The summed E-state index contributed by atoms with van der Waals surface area (Å²) in [5.41, 5.74) is 0.660. The van der Waals surface area contributed by atoms with E-state index in [0.29, 0.717) is 34.1 Å². The van der Waals surface area contributed by atoms with Gasteiger partial charge >= 0.3 is 11.9 Å². The molecule has 134 valence electrons. The van der Waals surface area contributed by atoms with Crippen LogP contribution < -0.4 is 18.9 Å². The van der Waals surface area contributed by atoms with Crippen molar-refractivity contribution in [2.75, 3.05) is 26.8 Å². The molecule has 0 amide bonds. The molecule has 0 fully saturated rings. The smallest absolute Gasteiger partial charge is 0.338 e. The van der Waals surface area contributed by atoms with E-state index in [4.69, 9.17) is 28.4 Å². The molecule has 0 N–H and O–H groups in total. The zero-order chi connectivity index (χ0) is 17.9. The summed E-state index contributed by atoms with van der Waals surface area (Å²) in [6.07, 6.45) is 0. The van der Waals surface area contributed by atoms with Gasteiger partial charge in [-0.15, -0.1) is 0 Å². The van der Waals surface area contributed by atoms with E-state index >= 15 is 0 Å². The third kappa shape index (κ3) is 3.21. The van der Waals surface area contributed by atoms with Crippen LogP contribution in [0, 0.1) is 0 Å². The highest BCUT2D eigenvalue weighted by Gasteiger charge is 2.18. The Morgan fingerprint density at radius 3 is 1.58 bits per heavy atom. The number of fused-ring (bicyclic) bond motifs is 2. The van der Waals surface area contributed by atoms with E-state index < -0.39 is 11.9 Å². The van der Waals surface area contributed by atoms with Crippen LogP contribution in [0.25, 0.3) is 0 Å². The van der Waals surface area contributed by atoms with Crippen molar-refractivity contribution in [1.82, 2.24) is 0 Å². The molecule has 2 aromatic rings. The Kier molecular flexibility index (Phi) is 4.22. The van der Waals surface area contributed by atoms with Gasteiger partial charge in [0.1, 0.15) is 13.2 Å². The van der Waals surface area contributed by atoms with Gasteiger partial charge in [-0.05, 0) is 36.4 Å². The Bertz CT molecular complexity index is 789. The third-order valence-corrected chi connectivity index (χ3v) is 3.77. The Balaban J connectivity index is 1.26. The van der Waals surface area contributed by atoms with E-state index in [-0.39, 0.29) is 26.8 Å². The van der Waals surface area contributed by atoms with E-state index in [1.807, 2.05) is 0 Å². The molecule has 0 radical (unpaired) electrons. The highest BCUT2D eigenvalue weighted by Crippen LogP contribution is 2.33. The molecule has 2 heterocycles. The van der Waals surface area contributed by atoms with Crippen LogP contribution in [0.5, 0.6) is 23.0 Å². The zero-order valence-electron chi connectivity index (χ0n) is 13.6. The lowest BCUT2D eigenvalue weighted by Crippen LogP contribution is -2.14. The lowest BCUT2D eigenvalue weighted by atomic mass is 10.2. The molecule has 26 heavy (non-hydrogen) atoms. The van der Waals surface area contributed by atoms with Crippen LogP contribution in [-0.4, -0.2) is 38.7 Å². The first kappa shape index (κ1) is 16.1. The number of esters is 2. The summed E-state index contributed by atoms with van der Waals surface area (Å²) in [4.78, 5) is 24.0. The highest BCUT2D eigenvalue weighted by atomic mass is 16.7. The van der Waals surface area contributed by atoms with Crippen LogP contribution in [0.4, 0.5) is 0 Å². The van der Waals surface area contributed by atoms with Gasteiger partial charge in [0.15, 0.2) is 23.0 Å². The number of carbonyl (C=O) groups excluding carboxylic acids is 2. The quantitative estimate of drug-likeness (QED) is 0.593. The van der Waals surface area contributed by atoms with E-state index in [1.165, 1.54) is 0 Å². The van der Waals surface area contributed by atoms with Gasteiger partial charge in [-0.1, -0.05) is 0 Å². The standard InChI is InChI=1S/C18H14O8/c19-17(11-1-3-13-15(7-11)25-9-23-13)21-5-6-22-18(20)12-2-4-14-16(8-12)26-10-24-14/h1-4,7-8H,5-6,9-10H2. The fourth-order valence-electron chi connectivity index (χ4n) is 2.48. The maximum Gasteiger partial charge on any atom is 0.338 e. The molecule has 0 aromatic heterocycles. The summed E-state index contributed by atoms with van der Waals surface area (Å²) in [6.45, 7) is 0.125. The van der Waals surface area contributed by atoms with Crippen LogP contribution in [0.15, 0.2) is 36.4 Å². The van der Waals surface area contributed by atoms with Gasteiger partial charge in [-0.2, -0.15) is 0 Å². The summed E-state index contributed by atoms with van der Waals surface area (Å²) >= 11 is 0. The van der Waals surface area contributed by atoms with Gasteiger partial charge in [0.2, 0.25) is 13.6 Å². The molecule has 0 atom stereocenters. The lowest BCUT2D eigenvalue weighted by molar-refractivity contribution is 0.0265. The Morgan fingerprint density at radius 2 is 1.12 bits per heavy atom.